The van der Waals surface area contributed by atoms with Crippen molar-refractivity contribution < 1.29 is 14.6 Å². The van der Waals surface area contributed by atoms with Crippen molar-refractivity contribution in [1.29, 1.82) is 0 Å². The Balaban J connectivity index is 2.45. The van der Waals surface area contributed by atoms with Crippen LogP contribution in [-0.4, -0.2) is 18.3 Å². The average molecular weight is 264 g/mol. The molecule has 0 spiro atoms. The number of aliphatic hydroxyl groups is 1. The molecule has 0 bridgehead atoms. The lowest BCUT2D eigenvalue weighted by molar-refractivity contribution is 0.265. The molecule has 0 aliphatic heterocycles. The first kappa shape index (κ1) is 15.6. The highest BCUT2D eigenvalue weighted by atomic mass is 16.5. The molecule has 0 saturated heterocycles. The fourth-order valence-corrected chi connectivity index (χ4v) is 1.79. The van der Waals surface area contributed by atoms with Crippen molar-refractivity contribution in [2.24, 2.45) is 0 Å². The Morgan fingerprint density at radius 1 is 1.16 bits per heavy atom. The van der Waals surface area contributed by atoms with Crippen molar-refractivity contribution in [2.45, 2.75) is 39.2 Å². The van der Waals surface area contributed by atoms with E-state index in [1.807, 2.05) is 31.2 Å². The van der Waals surface area contributed by atoms with Gasteiger partial charge in [-0.2, -0.15) is 0 Å². The van der Waals surface area contributed by atoms with Gasteiger partial charge in [0.05, 0.1) is 19.8 Å². The van der Waals surface area contributed by atoms with Crippen LogP contribution in [0.2, 0.25) is 0 Å². The molecule has 0 aliphatic rings. The molecule has 1 N–H and O–H groups in total. The van der Waals surface area contributed by atoms with Gasteiger partial charge >= 0.3 is 0 Å². The number of rotatable bonds is 10. The number of benzene rings is 1. The number of unbranched alkanes of at least 4 members (excludes halogenated alkanes) is 3. The van der Waals surface area contributed by atoms with Crippen molar-refractivity contribution in [3.05, 3.63) is 36.4 Å². The van der Waals surface area contributed by atoms with Crippen LogP contribution in [0, 0.1) is 0 Å². The van der Waals surface area contributed by atoms with Crippen LogP contribution >= 0.6 is 0 Å². The van der Waals surface area contributed by atoms with E-state index in [9.17, 15) is 0 Å². The third-order valence-electron chi connectivity index (χ3n) is 2.80. The summed E-state index contributed by atoms with van der Waals surface area (Å²) in [5.41, 5.74) is 0.835. The molecule has 0 fully saturated rings. The second-order valence-electron chi connectivity index (χ2n) is 4.36. The molecule has 0 radical (unpaired) electrons. The maximum Gasteiger partial charge on any atom is 0.161 e. The number of hydrogen-bond acceptors (Lipinski definition) is 3. The van der Waals surface area contributed by atoms with E-state index >= 15 is 0 Å². The van der Waals surface area contributed by atoms with Crippen LogP contribution in [0.5, 0.6) is 11.5 Å². The molecule has 0 aromatic heterocycles. The largest absolute Gasteiger partial charge is 0.490 e. The lowest BCUT2D eigenvalue weighted by Gasteiger charge is -2.12. The van der Waals surface area contributed by atoms with E-state index in [1.54, 1.807) is 0 Å². The van der Waals surface area contributed by atoms with Crippen LogP contribution in [0.15, 0.2) is 30.9 Å². The van der Waals surface area contributed by atoms with Gasteiger partial charge in [0, 0.05) is 0 Å². The molecule has 1 aromatic carbocycles. The Hall–Kier alpha value is -1.48. The SMILES string of the molecule is C=CCCCCCOc1ccc(CO)cc1OCC. The van der Waals surface area contributed by atoms with E-state index in [-0.39, 0.29) is 6.61 Å². The van der Waals surface area contributed by atoms with Crippen molar-refractivity contribution in [3.8, 4) is 11.5 Å². The zero-order valence-electron chi connectivity index (χ0n) is 11.7. The maximum atomic E-state index is 9.11. The summed E-state index contributed by atoms with van der Waals surface area (Å²) < 4.78 is 11.3. The topological polar surface area (TPSA) is 38.7 Å². The van der Waals surface area contributed by atoms with Crippen LogP contribution in [-0.2, 0) is 6.61 Å². The van der Waals surface area contributed by atoms with Crippen molar-refractivity contribution in [3.63, 3.8) is 0 Å². The van der Waals surface area contributed by atoms with Crippen molar-refractivity contribution in [1.82, 2.24) is 0 Å². The molecule has 0 atom stereocenters. The highest BCUT2D eigenvalue weighted by Gasteiger charge is 2.06. The molecular weight excluding hydrogens is 240 g/mol. The van der Waals surface area contributed by atoms with Crippen LogP contribution in [0.4, 0.5) is 0 Å². The summed E-state index contributed by atoms with van der Waals surface area (Å²) >= 11 is 0. The third kappa shape index (κ3) is 5.79. The minimum atomic E-state index is 0.0158. The monoisotopic (exact) mass is 264 g/mol. The van der Waals surface area contributed by atoms with Gasteiger partial charge in [0.1, 0.15) is 0 Å². The van der Waals surface area contributed by atoms with Crippen molar-refractivity contribution in [2.75, 3.05) is 13.2 Å². The highest BCUT2D eigenvalue weighted by Crippen LogP contribution is 2.28. The minimum absolute atomic E-state index is 0.0158. The number of allylic oxidation sites excluding steroid dienone is 1. The number of ether oxygens (including phenoxy) is 2. The Morgan fingerprint density at radius 2 is 2.00 bits per heavy atom. The first-order valence-corrected chi connectivity index (χ1v) is 6.92. The molecule has 1 aromatic rings. The summed E-state index contributed by atoms with van der Waals surface area (Å²) in [4.78, 5) is 0. The molecule has 0 amide bonds. The van der Waals surface area contributed by atoms with Gasteiger partial charge in [0.25, 0.3) is 0 Å². The van der Waals surface area contributed by atoms with Crippen LogP contribution in [0.25, 0.3) is 0 Å². The third-order valence-corrected chi connectivity index (χ3v) is 2.80. The Kier molecular flexibility index (Phi) is 7.75. The summed E-state index contributed by atoms with van der Waals surface area (Å²) in [5.74, 6) is 1.46. The maximum absolute atomic E-state index is 9.11. The molecule has 1 rings (SSSR count). The molecular formula is C16H24O3. The molecule has 3 heteroatoms. The van der Waals surface area contributed by atoms with Crippen LogP contribution in [0.1, 0.15) is 38.2 Å². The predicted octanol–water partition coefficient (Wildman–Crippen LogP) is 3.70. The molecule has 19 heavy (non-hydrogen) atoms. The van der Waals surface area contributed by atoms with Gasteiger partial charge in [-0.15, -0.1) is 6.58 Å². The molecule has 0 aliphatic carbocycles. The molecule has 0 saturated carbocycles. The molecule has 0 unspecified atom stereocenters. The second-order valence-corrected chi connectivity index (χ2v) is 4.36. The van der Waals surface area contributed by atoms with E-state index in [0.717, 1.165) is 37.0 Å². The van der Waals surface area contributed by atoms with Crippen molar-refractivity contribution >= 4 is 0 Å². The zero-order chi connectivity index (χ0) is 13.9. The fourth-order valence-electron chi connectivity index (χ4n) is 1.79. The number of aliphatic hydroxyl groups excluding tert-OH is 1. The Bertz CT molecular complexity index is 374. The molecule has 106 valence electrons. The van der Waals surface area contributed by atoms with Gasteiger partial charge in [0.2, 0.25) is 0 Å². The molecule has 0 heterocycles. The number of hydrogen-bond donors (Lipinski definition) is 1. The minimum Gasteiger partial charge on any atom is -0.490 e. The lowest BCUT2D eigenvalue weighted by Crippen LogP contribution is -2.01. The second kappa shape index (κ2) is 9.45. The first-order valence-electron chi connectivity index (χ1n) is 6.92. The lowest BCUT2D eigenvalue weighted by atomic mass is 10.2. The van der Waals surface area contributed by atoms with Crippen LogP contribution < -0.4 is 9.47 Å². The smallest absolute Gasteiger partial charge is 0.161 e. The van der Waals surface area contributed by atoms with Gasteiger partial charge in [-0.05, 0) is 50.3 Å². The fraction of sp³-hybridized carbons (Fsp3) is 0.500. The van der Waals surface area contributed by atoms with E-state index in [4.69, 9.17) is 14.6 Å². The summed E-state index contributed by atoms with van der Waals surface area (Å²) in [7, 11) is 0. The van der Waals surface area contributed by atoms with Gasteiger partial charge in [-0.3, -0.25) is 0 Å². The average Bonchev–Trinajstić information content (AvgIpc) is 2.44. The van der Waals surface area contributed by atoms with Gasteiger partial charge in [-0.1, -0.05) is 12.1 Å². The standard InChI is InChI=1S/C16H24O3/c1-3-5-6-7-8-11-19-15-10-9-14(13-17)12-16(15)18-4-2/h3,9-10,12,17H,1,4-8,11,13H2,2H3. The summed E-state index contributed by atoms with van der Waals surface area (Å²) in [6.07, 6.45) is 6.34. The highest BCUT2D eigenvalue weighted by molar-refractivity contribution is 5.42. The van der Waals surface area contributed by atoms with Gasteiger partial charge in [-0.25, -0.2) is 0 Å². The Morgan fingerprint density at radius 3 is 2.68 bits per heavy atom. The predicted molar refractivity (Wildman–Crippen MR) is 77.7 cm³/mol. The quantitative estimate of drug-likeness (QED) is 0.517. The zero-order valence-corrected chi connectivity index (χ0v) is 11.7. The van der Waals surface area contributed by atoms with Gasteiger partial charge in [0.15, 0.2) is 11.5 Å². The van der Waals surface area contributed by atoms with E-state index in [1.165, 1.54) is 0 Å². The summed E-state index contributed by atoms with van der Waals surface area (Å²) in [6.45, 7) is 6.94. The van der Waals surface area contributed by atoms with E-state index < -0.39 is 0 Å². The van der Waals surface area contributed by atoms with Crippen LogP contribution in [0.3, 0.4) is 0 Å². The normalized spacial score (nSPS) is 10.2. The first-order chi connectivity index (χ1) is 9.31. The van der Waals surface area contributed by atoms with E-state index in [2.05, 4.69) is 6.58 Å². The van der Waals surface area contributed by atoms with E-state index in [0.29, 0.717) is 19.0 Å². The van der Waals surface area contributed by atoms with Gasteiger partial charge < -0.3 is 14.6 Å². The Labute approximate surface area is 115 Å². The summed E-state index contributed by atoms with van der Waals surface area (Å²) in [5, 5.41) is 9.11. The summed E-state index contributed by atoms with van der Waals surface area (Å²) in [6, 6.07) is 5.55. The molecule has 3 nitrogen and oxygen atoms in total.